The smallest absolute Gasteiger partial charge is 0.104 e. The third-order valence-corrected chi connectivity index (χ3v) is 0.978. The molecule has 0 spiro atoms. The molecule has 44 valence electrons. The Morgan fingerprint density at radius 3 is 2.50 bits per heavy atom. The number of hydrogen-bond acceptors (Lipinski definition) is 3. The Labute approximate surface area is 48.1 Å². The second kappa shape index (κ2) is 1.69. The van der Waals surface area contributed by atoms with Crippen LogP contribution in [0, 0.1) is 0 Å². The zero-order chi connectivity index (χ0) is 6.04. The lowest BCUT2D eigenvalue weighted by Gasteiger charge is -2.18. The van der Waals surface area contributed by atoms with Crippen molar-refractivity contribution in [2.75, 3.05) is 0 Å². The topological polar surface area (TPSA) is 64.4 Å². The Morgan fingerprint density at radius 1 is 1.50 bits per heavy atom. The number of nitrogens with two attached hydrogens (primary N) is 2. The first-order valence-corrected chi connectivity index (χ1v) is 2.48. The molecule has 0 aromatic rings. The van der Waals surface area contributed by atoms with Crippen LogP contribution in [0.3, 0.4) is 0 Å². The predicted octanol–water partition coefficient (Wildman–Crippen LogP) is -0.412. The largest absolute Gasteiger partial charge is 0.309 e. The van der Waals surface area contributed by atoms with E-state index in [1.54, 1.807) is 12.4 Å². The van der Waals surface area contributed by atoms with Gasteiger partial charge in [-0.3, -0.25) is 4.99 Å². The number of rotatable bonds is 0. The fraction of sp³-hybridized carbons (Fsp3) is 0.400. The summed E-state index contributed by atoms with van der Waals surface area (Å²) in [5, 5.41) is 0. The highest BCUT2D eigenvalue weighted by Crippen LogP contribution is 2.00. The van der Waals surface area contributed by atoms with E-state index in [4.69, 9.17) is 11.5 Å². The third kappa shape index (κ3) is 1.15. The van der Waals surface area contributed by atoms with Gasteiger partial charge in [-0.25, -0.2) is 0 Å². The molecule has 3 nitrogen and oxygen atoms in total. The molecule has 0 radical (unpaired) electrons. The fourth-order valence-corrected chi connectivity index (χ4v) is 0.552. The number of nitrogens with zero attached hydrogens (tertiary/aromatic N) is 1. The lowest BCUT2D eigenvalue weighted by Crippen LogP contribution is -2.51. The lowest BCUT2D eigenvalue weighted by molar-refractivity contribution is 0.608. The van der Waals surface area contributed by atoms with Gasteiger partial charge in [0.15, 0.2) is 0 Å². The lowest BCUT2D eigenvalue weighted by atomic mass is 10.1. The first-order chi connectivity index (χ1) is 3.71. The van der Waals surface area contributed by atoms with E-state index < -0.39 is 5.66 Å². The molecule has 0 atom stereocenters. The van der Waals surface area contributed by atoms with Gasteiger partial charge in [-0.15, -0.1) is 0 Å². The van der Waals surface area contributed by atoms with Crippen molar-refractivity contribution in [3.05, 3.63) is 12.3 Å². The maximum absolute atomic E-state index is 5.46. The fourth-order valence-electron chi connectivity index (χ4n) is 0.552. The van der Waals surface area contributed by atoms with Crippen molar-refractivity contribution < 1.29 is 0 Å². The quantitative estimate of drug-likeness (QED) is 0.417. The third-order valence-electron chi connectivity index (χ3n) is 0.978. The molecule has 0 bridgehead atoms. The summed E-state index contributed by atoms with van der Waals surface area (Å²) in [5.74, 6) is 0. The summed E-state index contributed by atoms with van der Waals surface area (Å²) in [6.07, 6.45) is 5.77. The Hall–Kier alpha value is -0.670. The van der Waals surface area contributed by atoms with E-state index in [0.717, 1.165) is 0 Å². The summed E-state index contributed by atoms with van der Waals surface area (Å²) in [4.78, 5) is 3.77. The van der Waals surface area contributed by atoms with Crippen LogP contribution in [0.1, 0.15) is 6.42 Å². The maximum atomic E-state index is 5.46. The van der Waals surface area contributed by atoms with Gasteiger partial charge in [0, 0.05) is 18.8 Å². The summed E-state index contributed by atoms with van der Waals surface area (Å²) >= 11 is 0. The number of aliphatic imine (C=N–C) groups is 1. The van der Waals surface area contributed by atoms with Gasteiger partial charge in [0.05, 0.1) is 0 Å². The highest BCUT2D eigenvalue weighted by molar-refractivity contribution is 5.70. The van der Waals surface area contributed by atoms with Crippen molar-refractivity contribution in [3.63, 3.8) is 0 Å². The van der Waals surface area contributed by atoms with E-state index in [2.05, 4.69) is 4.99 Å². The van der Waals surface area contributed by atoms with Gasteiger partial charge in [0.2, 0.25) is 0 Å². The van der Waals surface area contributed by atoms with Crippen molar-refractivity contribution in [3.8, 4) is 0 Å². The molecule has 0 aromatic carbocycles. The molecule has 0 fully saturated rings. The molecule has 0 aromatic heterocycles. The molecule has 3 heteroatoms. The Kier molecular flexibility index (Phi) is 1.15. The average molecular weight is 111 g/mol. The Balaban J connectivity index is 2.65. The zero-order valence-corrected chi connectivity index (χ0v) is 4.54. The second-order valence-electron chi connectivity index (χ2n) is 1.98. The van der Waals surface area contributed by atoms with Gasteiger partial charge in [-0.2, -0.15) is 0 Å². The molecule has 1 aliphatic rings. The van der Waals surface area contributed by atoms with E-state index >= 15 is 0 Å². The van der Waals surface area contributed by atoms with E-state index in [1.165, 1.54) is 0 Å². The normalized spacial score (nSPS) is 23.8. The Bertz CT molecular complexity index is 135. The summed E-state index contributed by atoms with van der Waals surface area (Å²) in [5.41, 5.74) is 10.2. The van der Waals surface area contributed by atoms with Gasteiger partial charge < -0.3 is 11.5 Å². The molecule has 0 amide bonds. The second-order valence-corrected chi connectivity index (χ2v) is 1.98. The Morgan fingerprint density at radius 2 is 2.25 bits per heavy atom. The van der Waals surface area contributed by atoms with Crippen molar-refractivity contribution >= 4 is 6.21 Å². The van der Waals surface area contributed by atoms with Gasteiger partial charge in [-0.1, -0.05) is 6.08 Å². The maximum Gasteiger partial charge on any atom is 0.104 e. The van der Waals surface area contributed by atoms with Crippen LogP contribution in [0.25, 0.3) is 0 Å². The van der Waals surface area contributed by atoms with E-state index in [-0.39, 0.29) is 0 Å². The molecule has 0 saturated heterocycles. The van der Waals surface area contributed by atoms with Crippen molar-refractivity contribution in [1.29, 1.82) is 0 Å². The van der Waals surface area contributed by atoms with Crippen molar-refractivity contribution in [1.82, 2.24) is 0 Å². The SMILES string of the molecule is NC1(N)C=NC=CC1. The van der Waals surface area contributed by atoms with Crippen molar-refractivity contribution in [2.45, 2.75) is 12.1 Å². The molecule has 1 rings (SSSR count). The molecule has 8 heavy (non-hydrogen) atoms. The van der Waals surface area contributed by atoms with E-state index in [0.29, 0.717) is 6.42 Å². The van der Waals surface area contributed by atoms with Gasteiger partial charge in [-0.05, 0) is 0 Å². The van der Waals surface area contributed by atoms with Crippen LogP contribution in [-0.4, -0.2) is 11.9 Å². The summed E-state index contributed by atoms with van der Waals surface area (Å²) in [7, 11) is 0. The molecule has 4 N–H and O–H groups in total. The summed E-state index contributed by atoms with van der Waals surface area (Å²) in [6, 6.07) is 0. The zero-order valence-electron chi connectivity index (χ0n) is 4.54. The van der Waals surface area contributed by atoms with Gasteiger partial charge in [0.25, 0.3) is 0 Å². The minimum Gasteiger partial charge on any atom is -0.309 e. The highest BCUT2D eigenvalue weighted by atomic mass is 15.0. The molecule has 0 aliphatic carbocycles. The molecule has 1 heterocycles. The first kappa shape index (κ1) is 5.47. The van der Waals surface area contributed by atoms with Crippen LogP contribution in [0.2, 0.25) is 0 Å². The van der Waals surface area contributed by atoms with Crippen molar-refractivity contribution in [2.24, 2.45) is 16.5 Å². The first-order valence-electron chi connectivity index (χ1n) is 2.48. The highest BCUT2D eigenvalue weighted by Gasteiger charge is 2.14. The average Bonchev–Trinajstić information content (AvgIpc) is 1.65. The van der Waals surface area contributed by atoms with Crippen LogP contribution >= 0.6 is 0 Å². The van der Waals surface area contributed by atoms with Gasteiger partial charge >= 0.3 is 0 Å². The van der Waals surface area contributed by atoms with Gasteiger partial charge in [0.1, 0.15) is 5.66 Å². The molecular formula is C5H9N3. The molecular weight excluding hydrogens is 102 g/mol. The molecule has 1 aliphatic heterocycles. The van der Waals surface area contributed by atoms with Crippen LogP contribution in [0.5, 0.6) is 0 Å². The van der Waals surface area contributed by atoms with Crippen LogP contribution in [0.4, 0.5) is 0 Å². The molecule has 0 unspecified atom stereocenters. The monoisotopic (exact) mass is 111 g/mol. The minimum absolute atomic E-state index is 0.677. The standard InChI is InChI=1S/C5H9N3/c6-5(7)2-1-3-8-4-5/h1,3-4H,2,6-7H2. The number of hydrogen-bond donors (Lipinski definition) is 2. The summed E-state index contributed by atoms with van der Waals surface area (Å²) in [6.45, 7) is 0. The van der Waals surface area contributed by atoms with E-state index in [1.807, 2.05) is 6.08 Å². The minimum atomic E-state index is -0.700. The van der Waals surface area contributed by atoms with Crippen LogP contribution in [0.15, 0.2) is 17.3 Å². The molecule has 0 saturated carbocycles. The summed E-state index contributed by atoms with van der Waals surface area (Å²) < 4.78 is 0. The van der Waals surface area contributed by atoms with Crippen LogP contribution in [-0.2, 0) is 0 Å². The van der Waals surface area contributed by atoms with Crippen LogP contribution < -0.4 is 11.5 Å². The predicted molar refractivity (Wildman–Crippen MR) is 33.4 cm³/mol. The van der Waals surface area contributed by atoms with E-state index in [9.17, 15) is 0 Å².